The van der Waals surface area contributed by atoms with Gasteiger partial charge in [-0.15, -0.1) is 0 Å². The van der Waals surface area contributed by atoms with Gasteiger partial charge in [-0.3, -0.25) is 4.90 Å². The van der Waals surface area contributed by atoms with E-state index in [0.717, 1.165) is 13.1 Å². The first kappa shape index (κ1) is 13.0. The van der Waals surface area contributed by atoms with Crippen molar-refractivity contribution in [1.29, 1.82) is 0 Å². The second-order valence-electron chi connectivity index (χ2n) is 4.51. The number of hydrogen-bond acceptors (Lipinski definition) is 4. The lowest BCUT2D eigenvalue weighted by molar-refractivity contribution is 0.224. The SMILES string of the molecule is CC1CSCCN1Cc1ccc(B(O)O)cc1. The first-order valence-electron chi connectivity index (χ1n) is 5.93. The van der Waals surface area contributed by atoms with E-state index in [1.54, 1.807) is 12.1 Å². The Labute approximate surface area is 107 Å². The minimum absolute atomic E-state index is 0.552. The molecular weight excluding hydrogens is 233 g/mol. The zero-order chi connectivity index (χ0) is 12.3. The van der Waals surface area contributed by atoms with Gasteiger partial charge in [0.1, 0.15) is 0 Å². The van der Waals surface area contributed by atoms with Crippen LogP contribution in [0.25, 0.3) is 0 Å². The van der Waals surface area contributed by atoms with Gasteiger partial charge in [-0.1, -0.05) is 24.3 Å². The molecule has 1 unspecified atom stereocenters. The topological polar surface area (TPSA) is 43.7 Å². The van der Waals surface area contributed by atoms with E-state index in [0.29, 0.717) is 11.5 Å². The standard InChI is InChI=1S/C12H18BNO2S/c1-10-9-17-7-6-14(10)8-11-2-4-12(5-3-11)13(15)16/h2-5,10,15-16H,6-9H2,1H3. The molecule has 1 aliphatic rings. The van der Waals surface area contributed by atoms with Crippen LogP contribution in [-0.4, -0.2) is 46.2 Å². The molecule has 5 heteroatoms. The van der Waals surface area contributed by atoms with Gasteiger partial charge in [0.25, 0.3) is 0 Å². The number of thioether (sulfide) groups is 1. The largest absolute Gasteiger partial charge is 0.488 e. The molecule has 17 heavy (non-hydrogen) atoms. The maximum absolute atomic E-state index is 9.02. The lowest BCUT2D eigenvalue weighted by atomic mass is 9.80. The third kappa shape index (κ3) is 3.49. The molecule has 0 aromatic heterocycles. The summed E-state index contributed by atoms with van der Waals surface area (Å²) in [5.74, 6) is 2.41. The van der Waals surface area contributed by atoms with Gasteiger partial charge in [0.15, 0.2) is 0 Å². The van der Waals surface area contributed by atoms with Crippen LogP contribution in [0.1, 0.15) is 12.5 Å². The Bertz CT molecular complexity index is 358. The molecule has 1 heterocycles. The monoisotopic (exact) mass is 251 g/mol. The van der Waals surface area contributed by atoms with Crippen LogP contribution in [0.3, 0.4) is 0 Å². The molecule has 1 aliphatic heterocycles. The van der Waals surface area contributed by atoms with Gasteiger partial charge in [-0.05, 0) is 17.9 Å². The highest BCUT2D eigenvalue weighted by molar-refractivity contribution is 7.99. The summed E-state index contributed by atoms with van der Waals surface area (Å²) in [7, 11) is -1.37. The van der Waals surface area contributed by atoms with E-state index < -0.39 is 7.12 Å². The Morgan fingerprint density at radius 3 is 2.65 bits per heavy atom. The fourth-order valence-electron chi connectivity index (χ4n) is 2.03. The smallest absolute Gasteiger partial charge is 0.423 e. The molecule has 92 valence electrons. The van der Waals surface area contributed by atoms with Gasteiger partial charge < -0.3 is 10.0 Å². The number of hydrogen-bond donors (Lipinski definition) is 2. The first-order valence-corrected chi connectivity index (χ1v) is 7.09. The maximum atomic E-state index is 9.02. The van der Waals surface area contributed by atoms with Crippen molar-refractivity contribution in [1.82, 2.24) is 4.90 Å². The average molecular weight is 251 g/mol. The highest BCUT2D eigenvalue weighted by atomic mass is 32.2. The van der Waals surface area contributed by atoms with Crippen LogP contribution >= 0.6 is 11.8 Å². The van der Waals surface area contributed by atoms with Gasteiger partial charge in [-0.2, -0.15) is 11.8 Å². The maximum Gasteiger partial charge on any atom is 0.488 e. The molecule has 0 radical (unpaired) electrons. The Kier molecular flexibility index (Phi) is 4.51. The van der Waals surface area contributed by atoms with Crippen LogP contribution in [0.5, 0.6) is 0 Å². The Hall–Kier alpha value is -0.485. The van der Waals surface area contributed by atoms with Gasteiger partial charge in [0, 0.05) is 30.6 Å². The van der Waals surface area contributed by atoms with Gasteiger partial charge in [-0.25, -0.2) is 0 Å². The Balaban J connectivity index is 1.98. The molecule has 0 aliphatic carbocycles. The van der Waals surface area contributed by atoms with Crippen molar-refractivity contribution in [2.75, 3.05) is 18.1 Å². The van der Waals surface area contributed by atoms with Crippen LogP contribution in [0, 0.1) is 0 Å². The second kappa shape index (κ2) is 5.91. The van der Waals surface area contributed by atoms with Crippen LogP contribution in [0.15, 0.2) is 24.3 Å². The van der Waals surface area contributed by atoms with Crippen molar-refractivity contribution in [2.24, 2.45) is 0 Å². The molecule has 3 nitrogen and oxygen atoms in total. The number of benzene rings is 1. The molecule has 1 saturated heterocycles. The summed E-state index contributed by atoms with van der Waals surface area (Å²) in [5.41, 5.74) is 1.78. The highest BCUT2D eigenvalue weighted by Gasteiger charge is 2.18. The molecule has 1 atom stereocenters. The molecule has 1 aromatic carbocycles. The highest BCUT2D eigenvalue weighted by Crippen LogP contribution is 2.18. The molecule has 1 fully saturated rings. The first-order chi connectivity index (χ1) is 8.16. The summed E-state index contributed by atoms with van der Waals surface area (Å²) >= 11 is 2.02. The van der Waals surface area contributed by atoms with Crippen molar-refractivity contribution in [3.8, 4) is 0 Å². The van der Waals surface area contributed by atoms with E-state index in [1.807, 2.05) is 23.9 Å². The van der Waals surface area contributed by atoms with E-state index in [1.165, 1.54) is 17.1 Å². The van der Waals surface area contributed by atoms with Crippen molar-refractivity contribution in [2.45, 2.75) is 19.5 Å². The van der Waals surface area contributed by atoms with Crippen LogP contribution in [-0.2, 0) is 6.54 Å². The van der Waals surface area contributed by atoms with Crippen molar-refractivity contribution in [3.63, 3.8) is 0 Å². The summed E-state index contributed by atoms with van der Waals surface area (Å²) < 4.78 is 0. The average Bonchev–Trinajstić information content (AvgIpc) is 2.33. The second-order valence-corrected chi connectivity index (χ2v) is 5.66. The summed E-state index contributed by atoms with van der Waals surface area (Å²) in [6, 6.07) is 8.14. The van der Waals surface area contributed by atoms with Crippen molar-refractivity contribution >= 4 is 24.3 Å². The molecule has 1 aromatic rings. The zero-order valence-corrected chi connectivity index (χ0v) is 10.9. The lowest BCUT2D eigenvalue weighted by Crippen LogP contribution is -2.39. The number of rotatable bonds is 3. The molecular formula is C12H18BNO2S. The van der Waals surface area contributed by atoms with E-state index in [-0.39, 0.29) is 0 Å². The molecule has 2 N–H and O–H groups in total. The Morgan fingerprint density at radius 1 is 1.35 bits per heavy atom. The van der Waals surface area contributed by atoms with Gasteiger partial charge in [0.2, 0.25) is 0 Å². The zero-order valence-electron chi connectivity index (χ0n) is 10.0. The molecule has 0 bridgehead atoms. The minimum Gasteiger partial charge on any atom is -0.423 e. The predicted octanol–water partition coefficient (Wildman–Crippen LogP) is 0.304. The van der Waals surface area contributed by atoms with Crippen LogP contribution < -0.4 is 5.46 Å². The fraction of sp³-hybridized carbons (Fsp3) is 0.500. The minimum atomic E-state index is -1.37. The molecule has 2 rings (SSSR count). The summed E-state index contributed by atoms with van der Waals surface area (Å²) in [6.45, 7) is 4.34. The van der Waals surface area contributed by atoms with E-state index >= 15 is 0 Å². The predicted molar refractivity (Wildman–Crippen MR) is 73.5 cm³/mol. The van der Waals surface area contributed by atoms with Crippen LogP contribution in [0.2, 0.25) is 0 Å². The van der Waals surface area contributed by atoms with Gasteiger partial charge >= 0.3 is 7.12 Å². The van der Waals surface area contributed by atoms with Crippen molar-refractivity contribution in [3.05, 3.63) is 29.8 Å². The number of nitrogens with zero attached hydrogens (tertiary/aromatic N) is 1. The quantitative estimate of drug-likeness (QED) is 0.758. The van der Waals surface area contributed by atoms with E-state index in [9.17, 15) is 0 Å². The molecule has 0 amide bonds. The van der Waals surface area contributed by atoms with Crippen LogP contribution in [0.4, 0.5) is 0 Å². The molecule has 0 spiro atoms. The third-order valence-electron chi connectivity index (χ3n) is 3.17. The summed E-state index contributed by atoms with van der Waals surface area (Å²) in [4.78, 5) is 2.47. The fourth-order valence-corrected chi connectivity index (χ4v) is 3.11. The van der Waals surface area contributed by atoms with Crippen molar-refractivity contribution < 1.29 is 10.0 Å². The summed E-state index contributed by atoms with van der Waals surface area (Å²) in [6.07, 6.45) is 0. The normalized spacial score (nSPS) is 21.5. The molecule has 0 saturated carbocycles. The Morgan fingerprint density at radius 2 is 2.06 bits per heavy atom. The van der Waals surface area contributed by atoms with Gasteiger partial charge in [0.05, 0.1) is 0 Å². The summed E-state index contributed by atoms with van der Waals surface area (Å²) in [5, 5.41) is 18.0. The third-order valence-corrected chi connectivity index (χ3v) is 4.36. The van der Waals surface area contributed by atoms with E-state index in [4.69, 9.17) is 10.0 Å². The van der Waals surface area contributed by atoms with E-state index in [2.05, 4.69) is 11.8 Å². The lowest BCUT2D eigenvalue weighted by Gasteiger charge is -2.33.